The van der Waals surface area contributed by atoms with Gasteiger partial charge in [-0.3, -0.25) is 14.4 Å². The zero-order valence-corrected chi connectivity index (χ0v) is 34.7. The van der Waals surface area contributed by atoms with Crippen LogP contribution in [0.4, 0.5) is 15.9 Å². The molecule has 56 heavy (non-hydrogen) atoms. The van der Waals surface area contributed by atoms with E-state index >= 15 is 4.39 Å². The highest BCUT2D eigenvalue weighted by Crippen LogP contribution is 2.41. The molecule has 1 aliphatic heterocycles. The summed E-state index contributed by atoms with van der Waals surface area (Å²) in [7, 11) is -0.565. The molecule has 3 aromatic heterocycles. The van der Waals surface area contributed by atoms with Crippen molar-refractivity contribution in [2.24, 2.45) is 7.05 Å². The molecule has 1 amide bonds. The number of carbonyl (C=O) groups excluding carboxylic acids is 1. The van der Waals surface area contributed by atoms with Crippen LogP contribution in [0.1, 0.15) is 68.7 Å². The third kappa shape index (κ3) is 7.35. The van der Waals surface area contributed by atoms with E-state index in [-0.39, 0.29) is 33.4 Å². The van der Waals surface area contributed by atoms with Crippen LogP contribution < -0.4 is 16.4 Å². The first-order chi connectivity index (χ1) is 26.3. The summed E-state index contributed by atoms with van der Waals surface area (Å²) < 4.78 is 31.2. The maximum atomic E-state index is 15.8. The lowest BCUT2D eigenvalue weighted by molar-refractivity contribution is 0.0302. The number of carbonyl (C=O) groups is 1. The Labute approximate surface area is 327 Å². The molecule has 13 heteroatoms. The van der Waals surface area contributed by atoms with Gasteiger partial charge in [-0.1, -0.05) is 53.7 Å². The van der Waals surface area contributed by atoms with Gasteiger partial charge in [0.1, 0.15) is 17.3 Å². The topological polar surface area (TPSA) is 121 Å². The number of hydrogen-bond donors (Lipinski definition) is 1. The fourth-order valence-corrected chi connectivity index (χ4v) is 8.65. The third-order valence-electron chi connectivity index (χ3n) is 11.6. The van der Waals surface area contributed by atoms with Crippen LogP contribution in [0.25, 0.3) is 27.6 Å². The quantitative estimate of drug-likeness (QED) is 0.179. The fraction of sp³-hybridized carbons (Fsp3) is 0.419. The van der Waals surface area contributed by atoms with Crippen LogP contribution >= 0.6 is 0 Å². The maximum Gasteiger partial charge on any atom is 0.282 e. The number of amides is 1. The smallest absolute Gasteiger partial charge is 0.282 e. The second-order valence-corrected chi connectivity index (χ2v) is 22.2. The van der Waals surface area contributed by atoms with E-state index in [1.807, 2.05) is 51.1 Å². The van der Waals surface area contributed by atoms with Crippen LogP contribution in [-0.2, 0) is 34.5 Å². The summed E-state index contributed by atoms with van der Waals surface area (Å²) in [6, 6.07) is 14.2. The van der Waals surface area contributed by atoms with Gasteiger partial charge in [0.2, 0.25) is 0 Å². The monoisotopic (exact) mass is 778 g/mol. The summed E-state index contributed by atoms with van der Waals surface area (Å²) >= 11 is 0. The second kappa shape index (κ2) is 14.5. The van der Waals surface area contributed by atoms with Crippen LogP contribution in [0.2, 0.25) is 18.1 Å². The molecule has 0 unspecified atom stereocenters. The Morgan fingerprint density at radius 2 is 1.68 bits per heavy atom. The molecular weight excluding hydrogens is 728 g/mol. The first-order valence-electron chi connectivity index (χ1n) is 19.2. The molecule has 0 saturated carbocycles. The number of halogens is 1. The van der Waals surface area contributed by atoms with Crippen molar-refractivity contribution in [2.75, 3.05) is 31.6 Å². The number of fused-ring (bicyclic) bond motifs is 4. The summed E-state index contributed by atoms with van der Waals surface area (Å²) in [6.07, 6.45) is 3.62. The van der Waals surface area contributed by atoms with E-state index in [4.69, 9.17) is 9.16 Å². The van der Waals surface area contributed by atoms with E-state index in [0.717, 1.165) is 27.9 Å². The summed E-state index contributed by atoms with van der Waals surface area (Å²) in [4.78, 5) is 47.5. The van der Waals surface area contributed by atoms with Crippen molar-refractivity contribution >= 4 is 36.5 Å². The molecule has 1 fully saturated rings. The number of morpholine rings is 1. The van der Waals surface area contributed by atoms with E-state index in [1.54, 1.807) is 34.8 Å². The number of anilines is 2. The Kier molecular flexibility index (Phi) is 10.2. The lowest BCUT2D eigenvalue weighted by Gasteiger charge is -2.39. The molecule has 1 N–H and O–H groups in total. The summed E-state index contributed by atoms with van der Waals surface area (Å²) in [5.74, 6) is -0.295. The average molecular weight is 779 g/mol. The lowest BCUT2D eigenvalue weighted by Crippen LogP contribution is -2.45. The van der Waals surface area contributed by atoms with Crippen LogP contribution in [0.5, 0.6) is 0 Å². The number of hydrogen-bond acceptors (Lipinski definition) is 8. The van der Waals surface area contributed by atoms with Crippen molar-refractivity contribution in [3.05, 3.63) is 110 Å². The molecule has 0 bridgehead atoms. The second-order valence-electron chi connectivity index (χ2n) is 17.5. The molecule has 294 valence electrons. The van der Waals surface area contributed by atoms with E-state index in [9.17, 15) is 14.4 Å². The summed E-state index contributed by atoms with van der Waals surface area (Å²) in [6.45, 7) is 19.0. The van der Waals surface area contributed by atoms with Gasteiger partial charge >= 0.3 is 0 Å². The van der Waals surface area contributed by atoms with E-state index in [0.29, 0.717) is 67.3 Å². The van der Waals surface area contributed by atoms with Gasteiger partial charge in [-0.15, -0.1) is 0 Å². The highest BCUT2D eigenvalue weighted by Gasteiger charge is 2.40. The van der Waals surface area contributed by atoms with Crippen LogP contribution in [0, 0.1) is 5.82 Å². The van der Waals surface area contributed by atoms with Crippen molar-refractivity contribution in [1.29, 1.82) is 0 Å². The number of rotatable bonds is 6. The normalized spacial score (nSPS) is 16.3. The van der Waals surface area contributed by atoms with Gasteiger partial charge in [-0.25, -0.2) is 9.37 Å². The molecule has 1 aliphatic carbocycles. The van der Waals surface area contributed by atoms with Crippen LogP contribution in [0.3, 0.4) is 0 Å². The van der Waals surface area contributed by atoms with Crippen molar-refractivity contribution in [2.45, 2.75) is 84.0 Å². The fourth-order valence-electron chi connectivity index (χ4n) is 7.29. The van der Waals surface area contributed by atoms with Gasteiger partial charge in [0.15, 0.2) is 8.32 Å². The Morgan fingerprint density at radius 1 is 0.946 bits per heavy atom. The molecule has 0 spiro atoms. The molecule has 4 heterocycles. The third-order valence-corrected chi connectivity index (χ3v) is 16.1. The standard InChI is InChI=1S/C43H51FN6O5Si/c1-42(2,3)28-19-27-25-46-50(41(53)38(27)33(44)20-28)35-12-10-11-30-31(35)21-29(55-56(8,9)43(4,5)6)22-36-32(30)23-34(40(52)48(36)7)47-37-14-13-26(24-45-37)39(51)49-15-17-54-18-16-49/h10-14,19-20,23-25,29H,15-18,21-22H2,1-9H3,(H,45,47)/t29-/m1/s1. The maximum absolute atomic E-state index is 15.8. The van der Waals surface area contributed by atoms with Crippen molar-refractivity contribution < 1.29 is 18.3 Å². The number of nitrogens with one attached hydrogen (secondary N) is 1. The molecule has 1 atom stereocenters. The van der Waals surface area contributed by atoms with E-state index in [1.165, 1.54) is 16.9 Å². The lowest BCUT2D eigenvalue weighted by atomic mass is 9.86. The number of ether oxygens (including phenoxy) is 1. The zero-order chi connectivity index (χ0) is 40.3. The van der Waals surface area contributed by atoms with Gasteiger partial charge in [-0.2, -0.15) is 9.78 Å². The predicted octanol–water partition coefficient (Wildman–Crippen LogP) is 7.29. The Balaban J connectivity index is 1.35. The number of nitrogens with zero attached hydrogens (tertiary/aromatic N) is 5. The molecule has 0 radical (unpaired) electrons. The molecule has 11 nitrogen and oxygen atoms in total. The van der Waals surface area contributed by atoms with E-state index in [2.05, 4.69) is 49.3 Å². The minimum atomic E-state index is -2.32. The van der Waals surface area contributed by atoms with E-state index < -0.39 is 19.7 Å². The van der Waals surface area contributed by atoms with Gasteiger partial charge in [-0.05, 0) is 76.6 Å². The molecular formula is C43H51FN6O5Si. The van der Waals surface area contributed by atoms with Crippen LogP contribution in [-0.4, -0.2) is 70.9 Å². The first-order valence-corrected chi connectivity index (χ1v) is 22.1. The Bertz CT molecular complexity index is 2460. The van der Waals surface area contributed by atoms with Crippen molar-refractivity contribution in [1.82, 2.24) is 24.2 Å². The Morgan fingerprint density at radius 3 is 2.34 bits per heavy atom. The van der Waals surface area contributed by atoms with Crippen LogP contribution in [0.15, 0.2) is 70.5 Å². The number of pyridine rings is 2. The minimum Gasteiger partial charge on any atom is -0.413 e. The van der Waals surface area contributed by atoms with Crippen molar-refractivity contribution in [3.63, 3.8) is 0 Å². The molecule has 1 saturated heterocycles. The largest absolute Gasteiger partial charge is 0.413 e. The van der Waals surface area contributed by atoms with Gasteiger partial charge in [0.25, 0.3) is 17.0 Å². The Hall–Kier alpha value is -4.98. The summed E-state index contributed by atoms with van der Waals surface area (Å²) in [5.41, 5.74) is 4.14. The highest BCUT2D eigenvalue weighted by molar-refractivity contribution is 6.74. The average Bonchev–Trinajstić information content (AvgIpc) is 3.29. The van der Waals surface area contributed by atoms with Gasteiger partial charge < -0.3 is 23.9 Å². The minimum absolute atomic E-state index is 0.0206. The molecule has 5 aromatic rings. The number of benzene rings is 2. The number of aromatic nitrogens is 4. The SMILES string of the molecule is Cn1c2c(cc(Nc3ccc(C(=O)N4CCOCC4)cn3)c1=O)-c1cccc(-n3ncc4cc(C(C)(C)C)cc(F)c4c3=O)c1C[C@@H](O[Si](C)(C)C(C)(C)C)C2. The zero-order valence-electron chi connectivity index (χ0n) is 33.7. The molecule has 7 rings (SSSR count). The molecule has 2 aromatic carbocycles. The van der Waals surface area contributed by atoms with Crippen molar-refractivity contribution in [3.8, 4) is 16.8 Å². The summed E-state index contributed by atoms with van der Waals surface area (Å²) in [5, 5.41) is 8.17. The molecule has 2 aliphatic rings. The first kappa shape index (κ1) is 39.3. The highest BCUT2D eigenvalue weighted by atomic mass is 28.4. The van der Waals surface area contributed by atoms with Gasteiger partial charge in [0.05, 0.1) is 42.2 Å². The predicted molar refractivity (Wildman–Crippen MR) is 220 cm³/mol. The van der Waals surface area contributed by atoms with Gasteiger partial charge in [0, 0.05) is 55.8 Å².